The molecular weight excluding hydrogens is 332 g/mol. The van der Waals surface area contributed by atoms with Gasteiger partial charge in [-0.3, -0.25) is 10.2 Å². The fraction of sp³-hybridized carbons (Fsp3) is 0.579. The Hall–Kier alpha value is -1.66. The van der Waals surface area contributed by atoms with E-state index in [1.54, 1.807) is 16.2 Å². The summed E-state index contributed by atoms with van der Waals surface area (Å²) < 4.78 is 1.14. The van der Waals surface area contributed by atoms with Crippen LogP contribution in [0.2, 0.25) is 0 Å². The van der Waals surface area contributed by atoms with Crippen LogP contribution in [0, 0.1) is 5.92 Å². The highest BCUT2D eigenvalue weighted by atomic mass is 32.1. The number of urea groups is 1. The van der Waals surface area contributed by atoms with Crippen LogP contribution in [0.1, 0.15) is 39.2 Å². The number of carbonyl (C=O) groups is 1. The van der Waals surface area contributed by atoms with Gasteiger partial charge in [0.25, 0.3) is 0 Å². The molecule has 1 aromatic carbocycles. The van der Waals surface area contributed by atoms with Crippen LogP contribution < -0.4 is 5.32 Å². The first-order valence-electron chi connectivity index (χ1n) is 9.26. The number of aromatic nitrogens is 1. The van der Waals surface area contributed by atoms with E-state index < -0.39 is 0 Å². The molecule has 0 bridgehead atoms. The summed E-state index contributed by atoms with van der Waals surface area (Å²) >= 11 is 1.55. The molecule has 0 aliphatic carbocycles. The molecule has 3 rings (SSSR count). The minimum absolute atomic E-state index is 0.0771. The molecule has 0 atom stereocenters. The molecule has 1 aliphatic rings. The van der Waals surface area contributed by atoms with Gasteiger partial charge in [-0.25, -0.2) is 9.78 Å². The van der Waals surface area contributed by atoms with Gasteiger partial charge in [0.2, 0.25) is 0 Å². The van der Waals surface area contributed by atoms with Crippen LogP contribution in [0.4, 0.5) is 9.93 Å². The second-order valence-electron chi connectivity index (χ2n) is 6.88. The summed E-state index contributed by atoms with van der Waals surface area (Å²) in [6.45, 7) is 11.1. The van der Waals surface area contributed by atoms with Crippen molar-refractivity contribution in [3.63, 3.8) is 0 Å². The molecule has 6 heteroatoms. The number of hydrogen-bond acceptors (Lipinski definition) is 4. The number of piperidine rings is 1. The molecule has 1 saturated heterocycles. The SMILES string of the molecule is CCN(CC)C(=O)Nc1nc2ccc(CN3CCC(C)CC3)cc2s1. The lowest BCUT2D eigenvalue weighted by Crippen LogP contribution is -2.34. The molecule has 136 valence electrons. The van der Waals surface area contributed by atoms with E-state index in [0.717, 1.165) is 22.7 Å². The summed E-state index contributed by atoms with van der Waals surface area (Å²) in [5.41, 5.74) is 2.28. The van der Waals surface area contributed by atoms with Gasteiger partial charge >= 0.3 is 6.03 Å². The number of rotatable bonds is 5. The summed E-state index contributed by atoms with van der Waals surface area (Å²) in [5, 5.41) is 3.60. The summed E-state index contributed by atoms with van der Waals surface area (Å²) in [4.78, 5) is 21.0. The van der Waals surface area contributed by atoms with Gasteiger partial charge in [-0.05, 0) is 63.4 Å². The van der Waals surface area contributed by atoms with Crippen LogP contribution in [0.3, 0.4) is 0 Å². The molecule has 1 N–H and O–H groups in total. The predicted octanol–water partition coefficient (Wildman–Crippen LogP) is 4.40. The molecule has 0 saturated carbocycles. The van der Waals surface area contributed by atoms with Crippen molar-refractivity contribution in [3.05, 3.63) is 23.8 Å². The van der Waals surface area contributed by atoms with Crippen LogP contribution in [-0.4, -0.2) is 47.0 Å². The van der Waals surface area contributed by atoms with Gasteiger partial charge < -0.3 is 4.90 Å². The highest BCUT2D eigenvalue weighted by molar-refractivity contribution is 7.22. The summed E-state index contributed by atoms with van der Waals surface area (Å²) in [6, 6.07) is 6.38. The Labute approximate surface area is 154 Å². The smallest absolute Gasteiger partial charge is 0.323 e. The van der Waals surface area contributed by atoms with E-state index in [1.165, 1.54) is 31.5 Å². The van der Waals surface area contributed by atoms with Crippen molar-refractivity contribution in [3.8, 4) is 0 Å². The monoisotopic (exact) mass is 360 g/mol. The first-order chi connectivity index (χ1) is 12.1. The average Bonchev–Trinajstić information content (AvgIpc) is 2.99. The molecule has 0 spiro atoms. The Morgan fingerprint density at radius 1 is 1.32 bits per heavy atom. The maximum absolute atomic E-state index is 12.2. The number of thiazole rings is 1. The lowest BCUT2D eigenvalue weighted by atomic mass is 9.99. The highest BCUT2D eigenvalue weighted by Gasteiger charge is 2.16. The fourth-order valence-electron chi connectivity index (χ4n) is 3.28. The van der Waals surface area contributed by atoms with Crippen LogP contribution in [-0.2, 0) is 6.54 Å². The largest absolute Gasteiger partial charge is 0.325 e. The van der Waals surface area contributed by atoms with Gasteiger partial charge in [0.15, 0.2) is 5.13 Å². The van der Waals surface area contributed by atoms with E-state index in [-0.39, 0.29) is 6.03 Å². The van der Waals surface area contributed by atoms with Crippen molar-refractivity contribution in [1.29, 1.82) is 0 Å². The lowest BCUT2D eigenvalue weighted by molar-refractivity contribution is 0.185. The third-order valence-corrected chi connectivity index (χ3v) is 5.93. The summed E-state index contributed by atoms with van der Waals surface area (Å²) in [5.74, 6) is 0.859. The zero-order chi connectivity index (χ0) is 17.8. The maximum atomic E-state index is 12.2. The maximum Gasteiger partial charge on any atom is 0.323 e. The topological polar surface area (TPSA) is 48.5 Å². The molecule has 25 heavy (non-hydrogen) atoms. The minimum atomic E-state index is -0.0771. The molecule has 2 heterocycles. The minimum Gasteiger partial charge on any atom is -0.325 e. The normalized spacial score (nSPS) is 16.3. The molecule has 2 aromatic rings. The first-order valence-corrected chi connectivity index (χ1v) is 10.1. The second-order valence-corrected chi connectivity index (χ2v) is 7.91. The number of amides is 2. The van der Waals surface area contributed by atoms with Crippen molar-refractivity contribution in [2.24, 2.45) is 5.92 Å². The summed E-state index contributed by atoms with van der Waals surface area (Å²) in [7, 11) is 0. The second kappa shape index (κ2) is 8.15. The molecule has 1 aromatic heterocycles. The van der Waals surface area contributed by atoms with E-state index in [4.69, 9.17) is 0 Å². The zero-order valence-corrected chi connectivity index (χ0v) is 16.2. The lowest BCUT2D eigenvalue weighted by Gasteiger charge is -2.30. The van der Waals surface area contributed by atoms with Gasteiger partial charge in [-0.2, -0.15) is 0 Å². The van der Waals surface area contributed by atoms with Crippen molar-refractivity contribution < 1.29 is 4.79 Å². The van der Waals surface area contributed by atoms with E-state index in [1.807, 2.05) is 13.8 Å². The Bertz CT molecular complexity index is 717. The number of fused-ring (bicyclic) bond motifs is 1. The number of hydrogen-bond donors (Lipinski definition) is 1. The van der Waals surface area contributed by atoms with Crippen LogP contribution in [0.15, 0.2) is 18.2 Å². The average molecular weight is 361 g/mol. The number of nitrogens with zero attached hydrogens (tertiary/aromatic N) is 3. The zero-order valence-electron chi connectivity index (χ0n) is 15.4. The Morgan fingerprint density at radius 3 is 2.72 bits per heavy atom. The van der Waals surface area contributed by atoms with Gasteiger partial charge in [-0.1, -0.05) is 24.3 Å². The van der Waals surface area contributed by atoms with Crippen molar-refractivity contribution in [1.82, 2.24) is 14.8 Å². The van der Waals surface area contributed by atoms with E-state index in [9.17, 15) is 4.79 Å². The van der Waals surface area contributed by atoms with Gasteiger partial charge in [0, 0.05) is 19.6 Å². The van der Waals surface area contributed by atoms with Gasteiger partial charge in [0.05, 0.1) is 10.2 Å². The molecule has 2 amide bonds. The third-order valence-electron chi connectivity index (χ3n) is 5.00. The van der Waals surface area contributed by atoms with Crippen molar-refractivity contribution in [2.75, 3.05) is 31.5 Å². The predicted molar refractivity (Wildman–Crippen MR) is 105 cm³/mol. The van der Waals surface area contributed by atoms with Crippen molar-refractivity contribution >= 4 is 32.7 Å². The Morgan fingerprint density at radius 2 is 2.04 bits per heavy atom. The summed E-state index contributed by atoms with van der Waals surface area (Å²) in [6.07, 6.45) is 2.59. The molecule has 0 unspecified atom stereocenters. The quantitative estimate of drug-likeness (QED) is 0.859. The number of benzene rings is 1. The van der Waals surface area contributed by atoms with Crippen LogP contribution in [0.25, 0.3) is 10.2 Å². The Balaban J connectivity index is 1.68. The van der Waals surface area contributed by atoms with E-state index >= 15 is 0 Å². The van der Waals surface area contributed by atoms with E-state index in [2.05, 4.69) is 40.3 Å². The molecule has 1 fully saturated rings. The number of anilines is 1. The van der Waals surface area contributed by atoms with Crippen molar-refractivity contribution in [2.45, 2.75) is 40.2 Å². The number of likely N-dealkylation sites (tertiary alicyclic amines) is 1. The number of nitrogens with one attached hydrogen (secondary N) is 1. The Kier molecular flexibility index (Phi) is 5.91. The highest BCUT2D eigenvalue weighted by Crippen LogP contribution is 2.28. The third kappa shape index (κ3) is 4.50. The molecule has 5 nitrogen and oxygen atoms in total. The fourth-order valence-corrected chi connectivity index (χ4v) is 4.20. The number of carbonyl (C=O) groups excluding carboxylic acids is 1. The molecular formula is C19H28N4OS. The first kappa shape index (κ1) is 18.1. The molecule has 1 aliphatic heterocycles. The molecule has 0 radical (unpaired) electrons. The van der Waals surface area contributed by atoms with Gasteiger partial charge in [0.1, 0.15) is 0 Å². The van der Waals surface area contributed by atoms with E-state index in [0.29, 0.717) is 18.2 Å². The standard InChI is InChI=1S/C19H28N4OS/c1-4-23(5-2)19(24)21-18-20-16-7-6-15(12-17(16)25-18)13-22-10-8-14(3)9-11-22/h6-7,12,14H,4-5,8-11,13H2,1-3H3,(H,20,21,24). The van der Waals surface area contributed by atoms with Gasteiger partial charge in [-0.15, -0.1) is 0 Å². The van der Waals surface area contributed by atoms with Crippen LogP contribution >= 0.6 is 11.3 Å². The van der Waals surface area contributed by atoms with Crippen LogP contribution in [0.5, 0.6) is 0 Å².